The maximum atomic E-state index is 12.6. The first-order valence-corrected chi connectivity index (χ1v) is 27.2. The molecule has 1 atom stereocenters. The molecule has 0 radical (unpaired) electrons. The fraction of sp³-hybridized carbons (Fsp3) is 0.825. The van der Waals surface area contributed by atoms with E-state index in [0.29, 0.717) is 19.4 Å². The molecule has 5 nitrogen and oxygen atoms in total. The lowest BCUT2D eigenvalue weighted by atomic mass is 10.0. The molecule has 0 aromatic heterocycles. The summed E-state index contributed by atoms with van der Waals surface area (Å²) in [6.45, 7) is 7.68. The molecule has 0 aliphatic carbocycles. The average Bonchev–Trinajstić information content (AvgIpc) is 3.28. The van der Waals surface area contributed by atoms with Gasteiger partial charge in [-0.25, -0.2) is 0 Å². The molecule has 0 heterocycles. The molecule has 5 heteroatoms. The molecule has 62 heavy (non-hydrogen) atoms. The Kier molecular flexibility index (Phi) is 51.4. The molecule has 0 spiro atoms. The number of esters is 2. The molecule has 0 bridgehead atoms. The van der Waals surface area contributed by atoms with Gasteiger partial charge in [-0.1, -0.05) is 256 Å². The second kappa shape index (κ2) is 53.2. The SMILES string of the molecule is CCCCC/C=C\C/C=C\C/C=C\C/C=C\CCCC(=O)OC[C@H](COC(=O)CCCCCCCCCCCCCCC)OCCCCCCCCCCCCCCCCCC. The molecule has 0 aliphatic rings. The minimum Gasteiger partial charge on any atom is -0.463 e. The molecule has 0 saturated carbocycles. The molecular weight excluding hydrogens is 765 g/mol. The molecule has 0 rings (SSSR count). The summed E-state index contributed by atoms with van der Waals surface area (Å²) in [6, 6.07) is 0. The van der Waals surface area contributed by atoms with E-state index in [9.17, 15) is 9.59 Å². The molecule has 0 saturated heterocycles. The summed E-state index contributed by atoms with van der Waals surface area (Å²) in [5, 5.41) is 0. The van der Waals surface area contributed by atoms with E-state index in [2.05, 4.69) is 69.4 Å². The van der Waals surface area contributed by atoms with Crippen molar-refractivity contribution in [3.8, 4) is 0 Å². The van der Waals surface area contributed by atoms with E-state index < -0.39 is 6.10 Å². The maximum absolute atomic E-state index is 12.6. The van der Waals surface area contributed by atoms with Gasteiger partial charge in [0.2, 0.25) is 0 Å². The summed E-state index contributed by atoms with van der Waals surface area (Å²) in [7, 11) is 0. The number of hydrogen-bond donors (Lipinski definition) is 0. The van der Waals surface area contributed by atoms with Crippen molar-refractivity contribution in [3.05, 3.63) is 48.6 Å². The third-order valence-corrected chi connectivity index (χ3v) is 11.9. The van der Waals surface area contributed by atoms with Crippen LogP contribution in [0.5, 0.6) is 0 Å². The Balaban J connectivity index is 4.31. The quantitative estimate of drug-likeness (QED) is 0.0346. The van der Waals surface area contributed by atoms with Gasteiger partial charge in [0.25, 0.3) is 0 Å². The number of ether oxygens (including phenoxy) is 3. The zero-order valence-corrected chi connectivity index (χ0v) is 41.6. The first kappa shape index (κ1) is 59.9. The van der Waals surface area contributed by atoms with Crippen molar-refractivity contribution in [2.45, 2.75) is 284 Å². The first-order chi connectivity index (χ1) is 30.6. The molecule has 0 aromatic carbocycles. The van der Waals surface area contributed by atoms with Crippen LogP contribution in [0.3, 0.4) is 0 Å². The predicted molar refractivity (Wildman–Crippen MR) is 270 cm³/mol. The van der Waals surface area contributed by atoms with Gasteiger partial charge in [-0.05, 0) is 57.8 Å². The molecule has 0 fully saturated rings. The highest BCUT2D eigenvalue weighted by Crippen LogP contribution is 2.16. The zero-order chi connectivity index (χ0) is 44.9. The van der Waals surface area contributed by atoms with Crippen molar-refractivity contribution < 1.29 is 23.8 Å². The minimum absolute atomic E-state index is 0.133. The lowest BCUT2D eigenvalue weighted by Gasteiger charge is -2.18. The van der Waals surface area contributed by atoms with Crippen LogP contribution in [0, 0.1) is 0 Å². The normalized spacial score (nSPS) is 12.5. The third kappa shape index (κ3) is 50.5. The van der Waals surface area contributed by atoms with Crippen LogP contribution in [0.4, 0.5) is 0 Å². The van der Waals surface area contributed by atoms with Gasteiger partial charge in [-0.3, -0.25) is 9.59 Å². The van der Waals surface area contributed by atoms with E-state index in [-0.39, 0.29) is 25.2 Å². The van der Waals surface area contributed by atoms with Crippen molar-refractivity contribution in [3.63, 3.8) is 0 Å². The Labute approximate surface area is 386 Å². The second-order valence-electron chi connectivity index (χ2n) is 18.1. The van der Waals surface area contributed by atoms with Gasteiger partial charge in [-0.15, -0.1) is 0 Å². The number of allylic oxidation sites excluding steroid dienone is 8. The van der Waals surface area contributed by atoms with Gasteiger partial charge in [0.05, 0.1) is 0 Å². The molecule has 0 N–H and O–H groups in total. The van der Waals surface area contributed by atoms with Gasteiger partial charge in [0.15, 0.2) is 0 Å². The fourth-order valence-corrected chi connectivity index (χ4v) is 7.77. The lowest BCUT2D eigenvalue weighted by Crippen LogP contribution is -2.29. The Morgan fingerprint density at radius 3 is 1.02 bits per heavy atom. The molecule has 0 aliphatic heterocycles. The Hall–Kier alpha value is -2.14. The van der Waals surface area contributed by atoms with E-state index in [0.717, 1.165) is 57.8 Å². The highest BCUT2D eigenvalue weighted by atomic mass is 16.6. The summed E-state index contributed by atoms with van der Waals surface area (Å²) in [4.78, 5) is 25.2. The van der Waals surface area contributed by atoms with Gasteiger partial charge in [0.1, 0.15) is 19.3 Å². The van der Waals surface area contributed by atoms with Gasteiger partial charge >= 0.3 is 11.9 Å². The molecule has 0 amide bonds. The smallest absolute Gasteiger partial charge is 0.305 e. The van der Waals surface area contributed by atoms with E-state index in [1.165, 1.54) is 186 Å². The third-order valence-electron chi connectivity index (χ3n) is 11.9. The summed E-state index contributed by atoms with van der Waals surface area (Å²) in [5.74, 6) is -0.385. The van der Waals surface area contributed by atoms with E-state index >= 15 is 0 Å². The summed E-state index contributed by atoms with van der Waals surface area (Å²) in [5.41, 5.74) is 0. The van der Waals surface area contributed by atoms with Crippen molar-refractivity contribution >= 4 is 11.9 Å². The minimum atomic E-state index is -0.417. The predicted octanol–water partition coefficient (Wildman–Crippen LogP) is 18.3. The van der Waals surface area contributed by atoms with Crippen LogP contribution >= 0.6 is 0 Å². The van der Waals surface area contributed by atoms with E-state index in [4.69, 9.17) is 14.2 Å². The highest BCUT2D eigenvalue weighted by Gasteiger charge is 2.16. The average molecular weight is 869 g/mol. The van der Waals surface area contributed by atoms with E-state index in [1.807, 2.05) is 0 Å². The van der Waals surface area contributed by atoms with Crippen molar-refractivity contribution in [2.75, 3.05) is 19.8 Å². The zero-order valence-electron chi connectivity index (χ0n) is 41.6. The lowest BCUT2D eigenvalue weighted by molar-refractivity contribution is -0.155. The van der Waals surface area contributed by atoms with Crippen molar-refractivity contribution in [2.24, 2.45) is 0 Å². The van der Waals surface area contributed by atoms with Gasteiger partial charge in [0, 0.05) is 19.4 Å². The number of carbonyl (C=O) groups is 2. The fourth-order valence-electron chi connectivity index (χ4n) is 7.77. The summed E-state index contributed by atoms with van der Waals surface area (Å²) < 4.78 is 17.4. The van der Waals surface area contributed by atoms with Crippen LogP contribution in [0.25, 0.3) is 0 Å². The largest absolute Gasteiger partial charge is 0.463 e. The van der Waals surface area contributed by atoms with Crippen LogP contribution < -0.4 is 0 Å². The van der Waals surface area contributed by atoms with Gasteiger partial charge in [-0.2, -0.15) is 0 Å². The summed E-state index contributed by atoms with van der Waals surface area (Å²) in [6.07, 6.45) is 65.7. The topological polar surface area (TPSA) is 61.8 Å². The molecule has 0 unspecified atom stereocenters. The van der Waals surface area contributed by atoms with Crippen LogP contribution in [-0.4, -0.2) is 37.9 Å². The maximum Gasteiger partial charge on any atom is 0.305 e. The van der Waals surface area contributed by atoms with E-state index in [1.54, 1.807) is 0 Å². The molecule has 362 valence electrons. The van der Waals surface area contributed by atoms with Crippen LogP contribution in [-0.2, 0) is 23.8 Å². The Morgan fingerprint density at radius 2 is 0.629 bits per heavy atom. The number of unbranched alkanes of at least 4 members (excludes halogenated alkanes) is 31. The molecular formula is C57H104O5. The molecule has 0 aromatic rings. The number of carbonyl (C=O) groups excluding carboxylic acids is 2. The summed E-state index contributed by atoms with van der Waals surface area (Å²) >= 11 is 0. The highest BCUT2D eigenvalue weighted by molar-refractivity contribution is 5.69. The van der Waals surface area contributed by atoms with Gasteiger partial charge < -0.3 is 14.2 Å². The second-order valence-corrected chi connectivity index (χ2v) is 18.1. The monoisotopic (exact) mass is 869 g/mol. The Bertz CT molecular complexity index is 1030. The van der Waals surface area contributed by atoms with Crippen LogP contribution in [0.2, 0.25) is 0 Å². The standard InChI is InChI=1S/C57H104O5/c1-4-7-10-13-16-19-22-25-27-29-30-33-36-39-42-45-48-51-57(59)62-54-55(53-61-56(58)50-47-44-41-38-35-32-24-21-18-15-12-9-6-3)60-52-49-46-43-40-37-34-31-28-26-23-20-17-14-11-8-5-2/h16,19,25,27,30,33,39,42,55H,4-15,17-18,20-24,26,28-29,31-32,34-38,40-41,43-54H2,1-3H3/b19-16-,27-25-,33-30-,42-39-/t55-/m0/s1. The first-order valence-electron chi connectivity index (χ1n) is 27.2. The Morgan fingerprint density at radius 1 is 0.339 bits per heavy atom. The van der Waals surface area contributed by atoms with Crippen molar-refractivity contribution in [1.29, 1.82) is 0 Å². The number of hydrogen-bond acceptors (Lipinski definition) is 5. The number of rotatable bonds is 50. The van der Waals surface area contributed by atoms with Crippen LogP contribution in [0.15, 0.2) is 48.6 Å². The van der Waals surface area contributed by atoms with Crippen molar-refractivity contribution in [1.82, 2.24) is 0 Å². The van der Waals surface area contributed by atoms with Crippen LogP contribution in [0.1, 0.15) is 278 Å².